The zero-order valence-corrected chi connectivity index (χ0v) is 15.3. The third-order valence-corrected chi connectivity index (χ3v) is 5.52. The minimum atomic E-state index is 0.440. The van der Waals surface area contributed by atoms with Gasteiger partial charge in [0, 0.05) is 57.0 Å². The van der Waals surface area contributed by atoms with Crippen LogP contribution < -0.4 is 10.2 Å². The topological polar surface area (TPSA) is 76.7 Å². The summed E-state index contributed by atoms with van der Waals surface area (Å²) in [5.41, 5.74) is 2.23. The van der Waals surface area contributed by atoms with Gasteiger partial charge in [0.15, 0.2) is 5.82 Å². The molecule has 0 saturated carbocycles. The number of aryl methyl sites for hydroxylation is 1. The van der Waals surface area contributed by atoms with Crippen molar-refractivity contribution in [1.29, 1.82) is 0 Å². The van der Waals surface area contributed by atoms with Crippen molar-refractivity contribution in [2.75, 3.05) is 24.5 Å². The molecule has 0 radical (unpaired) electrons. The van der Waals surface area contributed by atoms with Crippen LogP contribution in [0.2, 0.25) is 0 Å². The van der Waals surface area contributed by atoms with Gasteiger partial charge in [0.1, 0.15) is 11.5 Å². The third kappa shape index (κ3) is 3.21. The maximum Gasteiger partial charge on any atom is 0.160 e. The van der Waals surface area contributed by atoms with Crippen molar-refractivity contribution in [1.82, 2.24) is 34.6 Å². The molecule has 3 aromatic heterocycles. The maximum atomic E-state index is 4.84. The Kier molecular flexibility index (Phi) is 4.33. The summed E-state index contributed by atoms with van der Waals surface area (Å²) >= 11 is 0. The van der Waals surface area contributed by atoms with Crippen molar-refractivity contribution < 1.29 is 0 Å². The molecule has 5 rings (SSSR count). The Hall–Kier alpha value is -2.74. The predicted molar refractivity (Wildman–Crippen MR) is 102 cm³/mol. The van der Waals surface area contributed by atoms with E-state index in [4.69, 9.17) is 5.10 Å². The number of nitrogens with zero attached hydrogens (tertiary/aromatic N) is 7. The zero-order chi connectivity index (χ0) is 18.1. The fraction of sp³-hybridized carbons (Fsp3) is 0.474. The van der Waals surface area contributed by atoms with Gasteiger partial charge >= 0.3 is 0 Å². The second-order valence-electron chi connectivity index (χ2n) is 7.21. The first kappa shape index (κ1) is 16.4. The first-order chi connectivity index (χ1) is 13.4. The van der Waals surface area contributed by atoms with E-state index in [-0.39, 0.29) is 0 Å². The lowest BCUT2D eigenvalue weighted by Gasteiger charge is -2.33. The molecule has 1 saturated heterocycles. The van der Waals surface area contributed by atoms with E-state index < -0.39 is 0 Å². The highest BCUT2D eigenvalue weighted by molar-refractivity contribution is 5.51. The molecule has 0 aromatic carbocycles. The average Bonchev–Trinajstić information content (AvgIpc) is 3.31. The van der Waals surface area contributed by atoms with Gasteiger partial charge in [-0.3, -0.25) is 9.67 Å². The summed E-state index contributed by atoms with van der Waals surface area (Å²) in [6.45, 7) is 4.86. The summed E-state index contributed by atoms with van der Waals surface area (Å²) in [5, 5.41) is 8.29. The maximum absolute atomic E-state index is 4.84. The molecule has 27 heavy (non-hydrogen) atoms. The molecular formula is C19H24N8. The number of fused-ring (bicyclic) bond motifs is 1. The van der Waals surface area contributed by atoms with Crippen LogP contribution in [0.5, 0.6) is 0 Å². The number of aromatic nitrogens is 6. The Labute approximate surface area is 158 Å². The molecule has 2 aliphatic heterocycles. The third-order valence-electron chi connectivity index (χ3n) is 5.52. The van der Waals surface area contributed by atoms with Crippen LogP contribution >= 0.6 is 0 Å². The Morgan fingerprint density at radius 3 is 2.81 bits per heavy atom. The van der Waals surface area contributed by atoms with Crippen LogP contribution in [-0.2, 0) is 13.1 Å². The number of hydrogen-bond donors (Lipinski definition) is 1. The fourth-order valence-electron chi connectivity index (χ4n) is 4.10. The van der Waals surface area contributed by atoms with Crippen molar-refractivity contribution in [2.24, 2.45) is 0 Å². The second kappa shape index (κ2) is 7.11. The molecule has 1 N–H and O–H groups in total. The smallest absolute Gasteiger partial charge is 0.160 e. The summed E-state index contributed by atoms with van der Waals surface area (Å²) in [7, 11) is 0. The summed E-state index contributed by atoms with van der Waals surface area (Å²) in [4.78, 5) is 15.6. The van der Waals surface area contributed by atoms with Gasteiger partial charge in [-0.05, 0) is 31.9 Å². The van der Waals surface area contributed by atoms with E-state index in [1.54, 1.807) is 12.4 Å². The highest BCUT2D eigenvalue weighted by Crippen LogP contribution is 2.29. The van der Waals surface area contributed by atoms with Crippen molar-refractivity contribution in [3.63, 3.8) is 0 Å². The average molecular weight is 364 g/mol. The Morgan fingerprint density at radius 2 is 1.96 bits per heavy atom. The molecule has 0 spiro atoms. The summed E-state index contributed by atoms with van der Waals surface area (Å²) in [5.74, 6) is 1.95. The molecule has 1 fully saturated rings. The number of imidazole rings is 1. The molecule has 3 aromatic rings. The Balaban J connectivity index is 1.34. The van der Waals surface area contributed by atoms with E-state index >= 15 is 0 Å². The number of piperidine rings is 1. The zero-order valence-electron chi connectivity index (χ0n) is 15.3. The van der Waals surface area contributed by atoms with E-state index in [2.05, 4.69) is 46.7 Å². The van der Waals surface area contributed by atoms with Gasteiger partial charge in [-0.2, -0.15) is 5.10 Å². The van der Waals surface area contributed by atoms with Gasteiger partial charge < -0.3 is 14.8 Å². The highest BCUT2D eigenvalue weighted by atomic mass is 15.3. The van der Waals surface area contributed by atoms with Gasteiger partial charge in [0.2, 0.25) is 0 Å². The van der Waals surface area contributed by atoms with Crippen molar-refractivity contribution in [3.05, 3.63) is 42.7 Å². The number of nitrogens with one attached hydrogen (secondary N) is 1. The van der Waals surface area contributed by atoms with Crippen LogP contribution in [0.15, 0.2) is 37.1 Å². The lowest BCUT2D eigenvalue weighted by Crippen LogP contribution is -2.35. The highest BCUT2D eigenvalue weighted by Gasteiger charge is 2.24. The van der Waals surface area contributed by atoms with Crippen LogP contribution in [0.3, 0.4) is 0 Å². The van der Waals surface area contributed by atoms with E-state index in [1.165, 1.54) is 5.69 Å². The lowest BCUT2D eigenvalue weighted by atomic mass is 10.0. The van der Waals surface area contributed by atoms with Crippen molar-refractivity contribution >= 4 is 5.82 Å². The van der Waals surface area contributed by atoms with Crippen molar-refractivity contribution in [3.8, 4) is 11.5 Å². The van der Waals surface area contributed by atoms with Gasteiger partial charge in [-0.1, -0.05) is 0 Å². The van der Waals surface area contributed by atoms with E-state index in [0.29, 0.717) is 6.04 Å². The summed E-state index contributed by atoms with van der Waals surface area (Å²) in [6, 6.07) is 2.63. The molecule has 2 aliphatic rings. The largest absolute Gasteiger partial charge is 0.355 e. The summed E-state index contributed by atoms with van der Waals surface area (Å²) < 4.78 is 4.44. The number of hydrogen-bond acceptors (Lipinski definition) is 6. The molecule has 140 valence electrons. The summed E-state index contributed by atoms with van der Waals surface area (Å²) in [6.07, 6.45) is 12.6. The van der Waals surface area contributed by atoms with Crippen molar-refractivity contribution in [2.45, 2.75) is 38.4 Å². The SMILES string of the molecule is c1cnc(N2CCC(n3ccnc3-c3cc4n(n3)CCCNC4)CC2)cn1. The van der Waals surface area contributed by atoms with E-state index in [0.717, 1.165) is 69.3 Å². The Bertz CT molecular complexity index is 868. The van der Waals surface area contributed by atoms with Crippen LogP contribution in [0.4, 0.5) is 5.82 Å². The van der Waals surface area contributed by atoms with Gasteiger partial charge in [0.25, 0.3) is 0 Å². The van der Waals surface area contributed by atoms with Crippen LogP contribution in [-0.4, -0.2) is 48.9 Å². The fourth-order valence-corrected chi connectivity index (χ4v) is 4.10. The number of rotatable bonds is 3. The van der Waals surface area contributed by atoms with Crippen LogP contribution in [0.1, 0.15) is 31.0 Å². The van der Waals surface area contributed by atoms with Gasteiger partial charge in [-0.25, -0.2) is 9.97 Å². The van der Waals surface area contributed by atoms with Gasteiger partial charge in [-0.15, -0.1) is 0 Å². The van der Waals surface area contributed by atoms with E-state index in [9.17, 15) is 0 Å². The normalized spacial score (nSPS) is 18.3. The lowest BCUT2D eigenvalue weighted by molar-refractivity contribution is 0.397. The van der Waals surface area contributed by atoms with E-state index in [1.807, 2.05) is 12.4 Å². The monoisotopic (exact) mass is 364 g/mol. The van der Waals surface area contributed by atoms with Crippen LogP contribution in [0.25, 0.3) is 11.5 Å². The minimum absolute atomic E-state index is 0.440. The van der Waals surface area contributed by atoms with Crippen LogP contribution in [0, 0.1) is 0 Å². The quantitative estimate of drug-likeness (QED) is 0.765. The molecule has 0 aliphatic carbocycles. The molecule has 0 unspecified atom stereocenters. The predicted octanol–water partition coefficient (Wildman–Crippen LogP) is 1.87. The molecular weight excluding hydrogens is 340 g/mol. The standard InChI is InChI=1S/C19H24N8/c1-4-20-13-16-12-17(24-27(16)8-1)19-23-7-11-26(19)15-2-9-25(10-3-15)18-14-21-5-6-22-18/h5-7,11-12,14-15,20H,1-4,8-10,13H2. The Morgan fingerprint density at radius 1 is 1.04 bits per heavy atom. The molecule has 0 amide bonds. The second-order valence-corrected chi connectivity index (χ2v) is 7.21. The molecule has 0 bridgehead atoms. The van der Waals surface area contributed by atoms with Gasteiger partial charge in [0.05, 0.1) is 11.9 Å². The first-order valence-electron chi connectivity index (χ1n) is 9.70. The molecule has 8 nitrogen and oxygen atoms in total. The molecule has 0 atom stereocenters. The first-order valence-corrected chi connectivity index (χ1v) is 9.70. The number of anilines is 1. The minimum Gasteiger partial charge on any atom is -0.355 e. The molecule has 5 heterocycles. The molecule has 8 heteroatoms.